The Morgan fingerprint density at radius 3 is 2.55 bits per heavy atom. The highest BCUT2D eigenvalue weighted by atomic mass is 16.4. The van der Waals surface area contributed by atoms with Gasteiger partial charge in [-0.05, 0) is 48.2 Å². The molecule has 0 bridgehead atoms. The lowest BCUT2D eigenvalue weighted by Crippen LogP contribution is -2.45. The van der Waals surface area contributed by atoms with Crippen molar-refractivity contribution in [1.29, 1.82) is 0 Å². The van der Waals surface area contributed by atoms with Crippen LogP contribution in [0.5, 0.6) is 11.5 Å². The van der Waals surface area contributed by atoms with E-state index in [4.69, 9.17) is 5.73 Å². The van der Waals surface area contributed by atoms with Gasteiger partial charge in [-0.3, -0.25) is 4.90 Å². The quantitative estimate of drug-likeness (QED) is 0.560. The standard InChI is InChI=1S/C17H17NO2.C4H7NO4/c1-18-8-7-10-3-2-4-12-15(10)13(18)9-11-5-6-14(19)17(20)16(11)12;5-2(4(8)9)1-3(6)7/h2-6,13,19-20H,7-9H2,1H3;2H,1,5H2,(H,6,7)(H,8,9)/p-2/t13-;2-/m10/s1. The van der Waals surface area contributed by atoms with Gasteiger partial charge >= 0.3 is 0 Å². The van der Waals surface area contributed by atoms with Crippen molar-refractivity contribution in [3.8, 4) is 22.6 Å². The molecule has 0 aromatic heterocycles. The highest BCUT2D eigenvalue weighted by Gasteiger charge is 2.34. The molecule has 0 amide bonds. The number of hydrogen-bond acceptors (Lipinski definition) is 8. The summed E-state index contributed by atoms with van der Waals surface area (Å²) in [5.74, 6) is -3.10. The van der Waals surface area contributed by atoms with Crippen LogP contribution in [0.4, 0.5) is 0 Å². The van der Waals surface area contributed by atoms with Crippen LogP contribution in [0.25, 0.3) is 11.1 Å². The van der Waals surface area contributed by atoms with E-state index in [1.807, 2.05) is 6.07 Å². The Labute approximate surface area is 167 Å². The highest BCUT2D eigenvalue weighted by molar-refractivity contribution is 5.82. The predicted molar refractivity (Wildman–Crippen MR) is 101 cm³/mol. The zero-order chi connectivity index (χ0) is 21.3. The summed E-state index contributed by atoms with van der Waals surface area (Å²) in [5.41, 5.74) is 10.4. The zero-order valence-corrected chi connectivity index (χ0v) is 15.9. The first kappa shape index (κ1) is 20.6. The first-order chi connectivity index (χ1) is 13.7. The lowest BCUT2D eigenvalue weighted by Gasteiger charge is -2.39. The van der Waals surface area contributed by atoms with Gasteiger partial charge in [-0.2, -0.15) is 0 Å². The van der Waals surface area contributed by atoms with E-state index in [1.54, 1.807) is 6.07 Å². The second-order valence-corrected chi connectivity index (χ2v) is 7.30. The second kappa shape index (κ2) is 8.10. The summed E-state index contributed by atoms with van der Waals surface area (Å²) in [5, 5.41) is 39.4. The number of nitrogens with zero attached hydrogens (tertiary/aromatic N) is 1. The minimum absolute atomic E-state index is 0.0163. The van der Waals surface area contributed by atoms with Crippen LogP contribution in [0.2, 0.25) is 0 Å². The molecular formula is C21H22N2O6-2. The lowest BCUT2D eigenvalue weighted by molar-refractivity contribution is -0.316. The largest absolute Gasteiger partial charge is 0.550 e. The molecule has 2 aromatic rings. The number of carboxylic acids is 2. The molecule has 4 N–H and O–H groups in total. The van der Waals surface area contributed by atoms with Gasteiger partial charge in [-0.15, -0.1) is 0 Å². The van der Waals surface area contributed by atoms with E-state index in [1.165, 1.54) is 11.1 Å². The summed E-state index contributed by atoms with van der Waals surface area (Å²) in [6.07, 6.45) is 1.23. The maximum Gasteiger partial charge on any atom is 0.165 e. The Hall–Kier alpha value is -3.10. The van der Waals surface area contributed by atoms with Crippen LogP contribution in [0.3, 0.4) is 0 Å². The molecule has 0 spiro atoms. The predicted octanol–water partition coefficient (Wildman–Crippen LogP) is -0.946. The van der Waals surface area contributed by atoms with Gasteiger partial charge in [0, 0.05) is 36.6 Å². The van der Waals surface area contributed by atoms with E-state index in [2.05, 4.69) is 30.1 Å². The Bertz CT molecular complexity index is 958. The Morgan fingerprint density at radius 1 is 1.21 bits per heavy atom. The number of carboxylic acid groups (broad SMARTS) is 2. The SMILES string of the molecule is CN1CCc2cccc3c2[C@H]1Cc1ccc(O)c(O)c1-3.N[C@@H](CC(=O)[O-])C(=O)[O-]. The number of benzene rings is 2. The summed E-state index contributed by atoms with van der Waals surface area (Å²) in [6, 6.07) is 8.73. The fourth-order valence-electron chi connectivity index (χ4n) is 3.94. The van der Waals surface area contributed by atoms with Crippen LogP contribution in [0.1, 0.15) is 29.2 Å². The number of rotatable bonds is 3. The number of nitrogens with two attached hydrogens (primary N) is 1. The molecule has 154 valence electrons. The first-order valence-electron chi connectivity index (χ1n) is 9.23. The van der Waals surface area contributed by atoms with Gasteiger partial charge in [0.1, 0.15) is 0 Å². The average Bonchev–Trinajstić information content (AvgIpc) is 2.67. The van der Waals surface area contributed by atoms with Gasteiger partial charge in [0.25, 0.3) is 0 Å². The van der Waals surface area contributed by atoms with Crippen molar-refractivity contribution >= 4 is 11.9 Å². The van der Waals surface area contributed by atoms with Gasteiger partial charge in [0.05, 0.1) is 5.97 Å². The smallest absolute Gasteiger partial charge is 0.165 e. The minimum atomic E-state index is -1.58. The van der Waals surface area contributed by atoms with Crippen LogP contribution >= 0.6 is 0 Å². The number of aliphatic carboxylic acids is 2. The molecule has 0 fully saturated rings. The van der Waals surface area contributed by atoms with Crippen molar-refractivity contribution in [3.63, 3.8) is 0 Å². The molecule has 1 heterocycles. The van der Waals surface area contributed by atoms with Crippen LogP contribution in [-0.2, 0) is 22.4 Å². The van der Waals surface area contributed by atoms with E-state index < -0.39 is 24.4 Å². The molecule has 8 heteroatoms. The fourth-order valence-corrected chi connectivity index (χ4v) is 3.94. The van der Waals surface area contributed by atoms with Crippen LogP contribution in [0, 0.1) is 0 Å². The third-order valence-electron chi connectivity index (χ3n) is 5.41. The number of carbonyl (C=O) groups is 2. The van der Waals surface area contributed by atoms with Crippen molar-refractivity contribution in [1.82, 2.24) is 4.90 Å². The molecule has 8 nitrogen and oxygen atoms in total. The minimum Gasteiger partial charge on any atom is -0.550 e. The van der Waals surface area contributed by atoms with E-state index in [0.717, 1.165) is 36.1 Å². The third-order valence-corrected chi connectivity index (χ3v) is 5.41. The number of fused-ring (bicyclic) bond motifs is 2. The summed E-state index contributed by atoms with van der Waals surface area (Å²) < 4.78 is 0. The molecule has 0 saturated heterocycles. The fraction of sp³-hybridized carbons (Fsp3) is 0.333. The van der Waals surface area contributed by atoms with E-state index in [0.29, 0.717) is 6.04 Å². The molecule has 0 radical (unpaired) electrons. The van der Waals surface area contributed by atoms with Crippen molar-refractivity contribution in [2.45, 2.75) is 31.3 Å². The molecule has 2 aromatic carbocycles. The van der Waals surface area contributed by atoms with Crippen molar-refractivity contribution < 1.29 is 30.0 Å². The van der Waals surface area contributed by atoms with E-state index in [-0.39, 0.29) is 11.5 Å². The number of phenolic OH excluding ortho intramolecular Hbond substituents is 2. The van der Waals surface area contributed by atoms with Gasteiger partial charge in [0.2, 0.25) is 0 Å². The zero-order valence-electron chi connectivity index (χ0n) is 15.9. The van der Waals surface area contributed by atoms with Crippen molar-refractivity contribution in [2.75, 3.05) is 13.6 Å². The van der Waals surface area contributed by atoms with Gasteiger partial charge in [0.15, 0.2) is 11.5 Å². The molecule has 29 heavy (non-hydrogen) atoms. The molecule has 0 unspecified atom stereocenters. The number of likely N-dealkylation sites (N-methyl/N-ethyl adjacent to an activating group) is 1. The highest BCUT2D eigenvalue weighted by Crippen LogP contribution is 2.49. The normalized spacial score (nSPS) is 17.9. The van der Waals surface area contributed by atoms with Crippen LogP contribution < -0.4 is 15.9 Å². The first-order valence-corrected chi connectivity index (χ1v) is 9.23. The molecule has 0 saturated carbocycles. The topological polar surface area (TPSA) is 150 Å². The summed E-state index contributed by atoms with van der Waals surface area (Å²) in [7, 11) is 2.16. The Kier molecular flexibility index (Phi) is 5.76. The Morgan fingerprint density at radius 2 is 1.93 bits per heavy atom. The maximum atomic E-state index is 10.3. The second-order valence-electron chi connectivity index (χ2n) is 7.30. The number of hydrogen-bond donors (Lipinski definition) is 3. The van der Waals surface area contributed by atoms with E-state index in [9.17, 15) is 30.0 Å². The van der Waals surface area contributed by atoms with Crippen LogP contribution in [0.15, 0.2) is 30.3 Å². The molecule has 4 rings (SSSR count). The Balaban J connectivity index is 0.000000229. The van der Waals surface area contributed by atoms with Gasteiger partial charge in [-0.1, -0.05) is 24.3 Å². The lowest BCUT2D eigenvalue weighted by atomic mass is 9.77. The van der Waals surface area contributed by atoms with Gasteiger partial charge in [-0.25, -0.2) is 0 Å². The molecule has 1 aliphatic heterocycles. The summed E-state index contributed by atoms with van der Waals surface area (Å²) in [4.78, 5) is 21.7. The maximum absolute atomic E-state index is 10.3. The number of carbonyl (C=O) groups excluding carboxylic acids is 2. The van der Waals surface area contributed by atoms with Gasteiger partial charge < -0.3 is 35.7 Å². The average molecular weight is 398 g/mol. The van der Waals surface area contributed by atoms with Crippen molar-refractivity contribution in [3.05, 3.63) is 47.0 Å². The third kappa shape index (κ3) is 4.03. The monoisotopic (exact) mass is 398 g/mol. The molecule has 2 aliphatic rings. The molecular weight excluding hydrogens is 376 g/mol. The van der Waals surface area contributed by atoms with E-state index >= 15 is 0 Å². The molecule has 2 atom stereocenters. The summed E-state index contributed by atoms with van der Waals surface area (Å²) >= 11 is 0. The number of phenols is 2. The number of aromatic hydroxyl groups is 2. The summed E-state index contributed by atoms with van der Waals surface area (Å²) in [6.45, 7) is 1.07. The van der Waals surface area contributed by atoms with Crippen molar-refractivity contribution in [2.24, 2.45) is 5.73 Å². The molecule has 1 aliphatic carbocycles. The van der Waals surface area contributed by atoms with Crippen LogP contribution in [-0.4, -0.2) is 46.7 Å².